The molecule has 0 saturated carbocycles. The summed E-state index contributed by atoms with van der Waals surface area (Å²) in [5.74, 6) is 0.267. The SMILES string of the molecule is CS(=O)(=O)CCC1(c2ccccc2)CNC1. The summed E-state index contributed by atoms with van der Waals surface area (Å²) in [5, 5.41) is 3.24. The van der Waals surface area contributed by atoms with Crippen LogP contribution in [0.2, 0.25) is 0 Å². The Bertz CT molecular complexity index is 449. The summed E-state index contributed by atoms with van der Waals surface area (Å²) in [5.41, 5.74) is 1.28. The van der Waals surface area contributed by atoms with Crippen molar-refractivity contribution in [2.24, 2.45) is 0 Å². The molecule has 1 aliphatic rings. The van der Waals surface area contributed by atoms with Gasteiger partial charge < -0.3 is 5.32 Å². The van der Waals surface area contributed by atoms with E-state index in [0.29, 0.717) is 6.42 Å². The van der Waals surface area contributed by atoms with Crippen molar-refractivity contribution in [2.45, 2.75) is 11.8 Å². The molecule has 0 spiro atoms. The van der Waals surface area contributed by atoms with Crippen LogP contribution in [0.1, 0.15) is 12.0 Å². The topological polar surface area (TPSA) is 46.2 Å². The van der Waals surface area contributed by atoms with E-state index in [-0.39, 0.29) is 11.2 Å². The summed E-state index contributed by atoms with van der Waals surface area (Å²) in [4.78, 5) is 0. The summed E-state index contributed by atoms with van der Waals surface area (Å²) < 4.78 is 22.5. The molecule has 0 atom stereocenters. The number of hydrogen-bond acceptors (Lipinski definition) is 3. The average Bonchev–Trinajstić information content (AvgIpc) is 2.16. The molecule has 1 aromatic rings. The number of nitrogens with one attached hydrogen (secondary N) is 1. The van der Waals surface area contributed by atoms with Gasteiger partial charge in [-0.15, -0.1) is 0 Å². The van der Waals surface area contributed by atoms with Gasteiger partial charge in [0.25, 0.3) is 0 Å². The van der Waals surface area contributed by atoms with E-state index in [1.807, 2.05) is 18.2 Å². The van der Waals surface area contributed by atoms with Crippen molar-refractivity contribution in [1.82, 2.24) is 5.32 Å². The Morgan fingerprint density at radius 2 is 1.88 bits per heavy atom. The Hall–Kier alpha value is -0.870. The lowest BCUT2D eigenvalue weighted by Gasteiger charge is -2.43. The number of rotatable bonds is 4. The van der Waals surface area contributed by atoms with Gasteiger partial charge in [0.1, 0.15) is 9.84 Å². The highest BCUT2D eigenvalue weighted by molar-refractivity contribution is 7.90. The number of sulfone groups is 1. The summed E-state index contributed by atoms with van der Waals surface area (Å²) >= 11 is 0. The third-order valence-corrected chi connectivity index (χ3v) is 4.21. The first kappa shape index (κ1) is 11.6. The second kappa shape index (κ2) is 4.18. The molecule has 1 aliphatic heterocycles. The maximum Gasteiger partial charge on any atom is 0.147 e. The molecule has 0 bridgehead atoms. The number of hydrogen-bond donors (Lipinski definition) is 1. The molecule has 1 saturated heterocycles. The molecular weight excluding hydrogens is 222 g/mol. The molecule has 0 radical (unpaired) electrons. The maximum absolute atomic E-state index is 11.2. The van der Waals surface area contributed by atoms with Crippen LogP contribution < -0.4 is 5.32 Å². The fourth-order valence-electron chi connectivity index (χ4n) is 2.12. The minimum absolute atomic E-state index is 0.0321. The van der Waals surface area contributed by atoms with Crippen molar-refractivity contribution < 1.29 is 8.42 Å². The largest absolute Gasteiger partial charge is 0.315 e. The minimum Gasteiger partial charge on any atom is -0.315 e. The Morgan fingerprint density at radius 1 is 1.25 bits per heavy atom. The van der Waals surface area contributed by atoms with Crippen LogP contribution in [0, 0.1) is 0 Å². The maximum atomic E-state index is 11.2. The minimum atomic E-state index is -2.87. The van der Waals surface area contributed by atoms with Crippen molar-refractivity contribution in [3.05, 3.63) is 35.9 Å². The van der Waals surface area contributed by atoms with E-state index in [9.17, 15) is 8.42 Å². The zero-order valence-electron chi connectivity index (χ0n) is 9.44. The van der Waals surface area contributed by atoms with Crippen molar-refractivity contribution in [3.63, 3.8) is 0 Å². The lowest BCUT2D eigenvalue weighted by Crippen LogP contribution is -2.57. The molecule has 1 fully saturated rings. The highest BCUT2D eigenvalue weighted by Gasteiger charge is 2.38. The quantitative estimate of drug-likeness (QED) is 0.851. The molecule has 4 heteroatoms. The monoisotopic (exact) mass is 239 g/mol. The van der Waals surface area contributed by atoms with Gasteiger partial charge >= 0.3 is 0 Å². The predicted octanol–water partition coefficient (Wildman–Crippen LogP) is 0.962. The van der Waals surface area contributed by atoms with E-state index < -0.39 is 9.84 Å². The van der Waals surface area contributed by atoms with E-state index in [4.69, 9.17) is 0 Å². The molecule has 16 heavy (non-hydrogen) atoms. The van der Waals surface area contributed by atoms with E-state index in [0.717, 1.165) is 13.1 Å². The van der Waals surface area contributed by atoms with Crippen LogP contribution in [0.4, 0.5) is 0 Å². The lowest BCUT2D eigenvalue weighted by molar-refractivity contribution is 0.268. The smallest absolute Gasteiger partial charge is 0.147 e. The van der Waals surface area contributed by atoms with Crippen LogP contribution in [0.3, 0.4) is 0 Å². The zero-order valence-corrected chi connectivity index (χ0v) is 10.3. The summed E-state index contributed by atoms with van der Waals surface area (Å²) in [6.45, 7) is 1.76. The molecule has 3 nitrogen and oxygen atoms in total. The van der Waals surface area contributed by atoms with Crippen molar-refractivity contribution in [3.8, 4) is 0 Å². The van der Waals surface area contributed by atoms with E-state index in [1.54, 1.807) is 0 Å². The highest BCUT2D eigenvalue weighted by Crippen LogP contribution is 2.32. The van der Waals surface area contributed by atoms with Crippen molar-refractivity contribution in [1.29, 1.82) is 0 Å². The van der Waals surface area contributed by atoms with E-state index in [1.165, 1.54) is 11.8 Å². The predicted molar refractivity (Wildman–Crippen MR) is 65.3 cm³/mol. The van der Waals surface area contributed by atoms with E-state index >= 15 is 0 Å². The van der Waals surface area contributed by atoms with Gasteiger partial charge in [0, 0.05) is 24.8 Å². The molecule has 1 N–H and O–H groups in total. The molecule has 1 aromatic carbocycles. The molecular formula is C12H17NO2S. The first-order valence-corrected chi connectivity index (χ1v) is 7.52. The summed E-state index contributed by atoms with van der Waals surface area (Å²) in [6, 6.07) is 10.2. The Labute approximate surface area is 96.8 Å². The van der Waals surface area contributed by atoms with Crippen LogP contribution >= 0.6 is 0 Å². The molecule has 1 heterocycles. The van der Waals surface area contributed by atoms with Gasteiger partial charge in [-0.3, -0.25) is 0 Å². The lowest BCUT2D eigenvalue weighted by atomic mass is 9.73. The second-order valence-corrected chi connectivity index (χ2v) is 6.89. The Balaban J connectivity index is 2.15. The Morgan fingerprint density at radius 3 is 2.31 bits per heavy atom. The molecule has 0 unspecified atom stereocenters. The zero-order chi connectivity index (χ0) is 11.6. The molecule has 0 amide bonds. The molecule has 88 valence electrons. The van der Waals surface area contributed by atoms with Crippen LogP contribution in [0.5, 0.6) is 0 Å². The van der Waals surface area contributed by atoms with Gasteiger partial charge in [-0.1, -0.05) is 30.3 Å². The van der Waals surface area contributed by atoms with Crippen LogP contribution in [-0.2, 0) is 15.3 Å². The van der Waals surface area contributed by atoms with Crippen molar-refractivity contribution in [2.75, 3.05) is 25.1 Å². The Kier molecular flexibility index (Phi) is 3.04. The van der Waals surface area contributed by atoms with Crippen LogP contribution in [-0.4, -0.2) is 33.5 Å². The van der Waals surface area contributed by atoms with Crippen LogP contribution in [0.25, 0.3) is 0 Å². The highest BCUT2D eigenvalue weighted by atomic mass is 32.2. The first-order valence-electron chi connectivity index (χ1n) is 5.46. The first-order chi connectivity index (χ1) is 7.52. The third kappa shape index (κ3) is 2.44. The van der Waals surface area contributed by atoms with Gasteiger partial charge in [-0.2, -0.15) is 0 Å². The second-order valence-electron chi connectivity index (χ2n) is 4.63. The summed E-state index contributed by atoms with van der Waals surface area (Å²) in [6.07, 6.45) is 2.01. The van der Waals surface area contributed by atoms with Crippen LogP contribution in [0.15, 0.2) is 30.3 Å². The van der Waals surface area contributed by atoms with E-state index in [2.05, 4.69) is 17.4 Å². The summed E-state index contributed by atoms with van der Waals surface area (Å²) in [7, 11) is -2.87. The third-order valence-electron chi connectivity index (χ3n) is 3.26. The molecule has 2 rings (SSSR count). The standard InChI is InChI=1S/C12H17NO2S/c1-16(14,15)8-7-12(9-13-10-12)11-5-3-2-4-6-11/h2-6,13H,7-10H2,1H3. The van der Waals surface area contributed by atoms with Gasteiger partial charge in [0.2, 0.25) is 0 Å². The fraction of sp³-hybridized carbons (Fsp3) is 0.500. The van der Waals surface area contributed by atoms with Gasteiger partial charge in [-0.05, 0) is 12.0 Å². The average molecular weight is 239 g/mol. The van der Waals surface area contributed by atoms with Crippen molar-refractivity contribution >= 4 is 9.84 Å². The van der Waals surface area contributed by atoms with Gasteiger partial charge in [0.05, 0.1) is 5.75 Å². The molecule has 0 aromatic heterocycles. The molecule has 0 aliphatic carbocycles. The van der Waals surface area contributed by atoms with Gasteiger partial charge in [0.15, 0.2) is 0 Å². The fourth-order valence-corrected chi connectivity index (χ4v) is 2.89. The normalized spacial score (nSPS) is 19.1. The van der Waals surface area contributed by atoms with Gasteiger partial charge in [-0.25, -0.2) is 8.42 Å². The number of benzene rings is 1.